The van der Waals surface area contributed by atoms with Gasteiger partial charge in [-0.05, 0) is 116 Å². The van der Waals surface area contributed by atoms with Crippen LogP contribution in [0.1, 0.15) is 109 Å². The van der Waals surface area contributed by atoms with Crippen molar-refractivity contribution in [3.8, 4) is 17.2 Å². The Morgan fingerprint density at radius 3 is 1.92 bits per heavy atom. The van der Waals surface area contributed by atoms with Crippen LogP contribution < -0.4 is 32.1 Å². The molecule has 1 aromatic heterocycles. The Kier molecular flexibility index (Phi) is 15.2. The van der Waals surface area contributed by atoms with Gasteiger partial charge in [-0.1, -0.05) is 20.8 Å². The van der Waals surface area contributed by atoms with E-state index in [1.165, 1.54) is 25.1 Å². The van der Waals surface area contributed by atoms with Crippen LogP contribution in [-0.2, 0) is 16.1 Å². The molecule has 1 heterocycles. The van der Waals surface area contributed by atoms with E-state index in [1.807, 2.05) is 6.92 Å². The summed E-state index contributed by atoms with van der Waals surface area (Å²) in [5.74, 6) is -5.52. The number of pyridine rings is 1. The number of aliphatic hydroxyl groups excluding tert-OH is 3. The molecule has 19 nitrogen and oxygen atoms in total. The number of carbonyl (C=O) groups excluding carboxylic acids is 4. The average Bonchev–Trinajstić information content (AvgIpc) is 3.61. The lowest BCUT2D eigenvalue weighted by Crippen LogP contribution is -2.62. The Labute approximate surface area is 377 Å². The molecule has 1 aromatic carbocycles. The van der Waals surface area contributed by atoms with Gasteiger partial charge in [0.15, 0.2) is 17.2 Å². The van der Waals surface area contributed by atoms with Gasteiger partial charge in [0.1, 0.15) is 6.54 Å². The molecular formula is C46H66N6O13. The van der Waals surface area contributed by atoms with Crippen molar-refractivity contribution >= 4 is 29.6 Å². The highest BCUT2D eigenvalue weighted by Gasteiger charge is 2.65. The molecule has 4 fully saturated rings. The topological polar surface area (TPSA) is 309 Å². The second kappa shape index (κ2) is 20.1. The smallest absolute Gasteiger partial charge is 0.323 e. The number of aliphatic hydroxyl groups is 3. The van der Waals surface area contributed by atoms with Crippen molar-refractivity contribution in [2.45, 2.75) is 104 Å². The summed E-state index contributed by atoms with van der Waals surface area (Å²) < 4.78 is 0.830. The number of carboxylic acids is 1. The number of aryl methyl sites for hydroxylation is 1. The number of carboxylic acid groups (broad SMARTS) is 1. The molecule has 12 N–H and O–H groups in total. The fourth-order valence-corrected chi connectivity index (χ4v) is 12.2. The van der Waals surface area contributed by atoms with Crippen molar-refractivity contribution in [2.24, 2.45) is 46.3 Å². The van der Waals surface area contributed by atoms with Crippen molar-refractivity contribution < 1.29 is 59.7 Å². The van der Waals surface area contributed by atoms with Gasteiger partial charge < -0.3 is 62.3 Å². The lowest BCUT2D eigenvalue weighted by molar-refractivity contribution is -0.207. The molecule has 19 heteroatoms. The van der Waals surface area contributed by atoms with Crippen molar-refractivity contribution in [3.63, 3.8) is 0 Å². The third kappa shape index (κ3) is 9.98. The van der Waals surface area contributed by atoms with Gasteiger partial charge in [0.05, 0.1) is 35.0 Å². The molecule has 0 aliphatic heterocycles. The Hall–Kier alpha value is -5.24. The van der Waals surface area contributed by atoms with E-state index in [9.17, 15) is 59.4 Å². The number of carbonyl (C=O) groups is 5. The normalized spacial score (nSPS) is 29.6. The molecule has 0 bridgehead atoms. The van der Waals surface area contributed by atoms with E-state index >= 15 is 0 Å². The summed E-state index contributed by atoms with van der Waals surface area (Å²) in [6.07, 6.45) is 4.22. The highest BCUT2D eigenvalue weighted by molar-refractivity contribution is 6.03. The minimum atomic E-state index is -1.29. The Balaban J connectivity index is 0.898. The number of benzene rings is 1. The van der Waals surface area contributed by atoms with Crippen LogP contribution in [0.15, 0.2) is 23.0 Å². The van der Waals surface area contributed by atoms with Crippen LogP contribution in [0.5, 0.6) is 17.2 Å². The van der Waals surface area contributed by atoms with E-state index in [-0.39, 0.29) is 121 Å². The molecule has 358 valence electrons. The molecule has 4 amide bonds. The van der Waals surface area contributed by atoms with Crippen molar-refractivity contribution in [1.29, 1.82) is 0 Å². The summed E-state index contributed by atoms with van der Waals surface area (Å²) in [6.45, 7) is 7.95. The highest BCUT2D eigenvalue weighted by Crippen LogP contribution is 2.68. The number of fused-ring (bicyclic) bond motifs is 5. The first-order chi connectivity index (χ1) is 30.7. The van der Waals surface area contributed by atoms with E-state index in [2.05, 4.69) is 40.4 Å². The molecule has 4 aliphatic carbocycles. The first-order valence-corrected chi connectivity index (χ1v) is 22.8. The number of aromatic nitrogens is 1. The van der Waals surface area contributed by atoms with Gasteiger partial charge in [0.2, 0.25) is 5.91 Å². The minimum absolute atomic E-state index is 0.0157. The largest absolute Gasteiger partial charge is 0.504 e. The zero-order valence-electron chi connectivity index (χ0n) is 37.6. The number of hydrogen-bond acceptors (Lipinski definition) is 13. The molecule has 65 heavy (non-hydrogen) atoms. The SMILES string of the molecule is Cc1cc(C(=O)NCCNCCNC(=O)c2ccc(C(=O)NCCNC(=O)CC(C)C3CCC4C5C(O)CC6C[C@@H](O)CC[C@@]6(C)C5C[C@@H](O)[C@@]34C)c(O)c2O)c(O)c(=O)n1CC(=O)O. The average molecular weight is 911 g/mol. The Bertz CT molecular complexity index is 2200. The fraction of sp³-hybridized carbons (Fsp3) is 0.652. The number of amides is 4. The van der Waals surface area contributed by atoms with Crippen LogP contribution in [0.3, 0.4) is 0 Å². The molecule has 4 aliphatic rings. The number of aromatic hydroxyl groups is 3. The van der Waals surface area contributed by atoms with Gasteiger partial charge in [-0.2, -0.15) is 0 Å². The summed E-state index contributed by atoms with van der Waals surface area (Å²) in [4.78, 5) is 74.7. The van der Waals surface area contributed by atoms with Crippen molar-refractivity contribution in [1.82, 2.24) is 31.2 Å². The van der Waals surface area contributed by atoms with Gasteiger partial charge in [-0.3, -0.25) is 33.3 Å². The first-order valence-electron chi connectivity index (χ1n) is 22.8. The summed E-state index contributed by atoms with van der Waals surface area (Å²) in [7, 11) is 0. The summed E-state index contributed by atoms with van der Waals surface area (Å²) >= 11 is 0. The number of rotatable bonds is 17. The summed E-state index contributed by atoms with van der Waals surface area (Å²) in [5, 5.41) is 87.6. The van der Waals surface area contributed by atoms with Crippen LogP contribution in [0, 0.1) is 53.3 Å². The maximum Gasteiger partial charge on any atom is 0.323 e. The number of nitrogens with zero attached hydrogens (tertiary/aromatic N) is 1. The molecular weight excluding hydrogens is 845 g/mol. The molecule has 11 atom stereocenters. The van der Waals surface area contributed by atoms with E-state index in [0.717, 1.165) is 30.3 Å². The Morgan fingerprint density at radius 1 is 0.754 bits per heavy atom. The van der Waals surface area contributed by atoms with Crippen LogP contribution in [-0.4, -0.2) is 127 Å². The van der Waals surface area contributed by atoms with Crippen molar-refractivity contribution in [2.75, 3.05) is 39.3 Å². The first kappa shape index (κ1) is 49.2. The predicted octanol–water partition coefficient (Wildman–Crippen LogP) is 0.941. The molecule has 0 saturated heterocycles. The van der Waals surface area contributed by atoms with Crippen LogP contribution >= 0.6 is 0 Å². The number of phenols is 2. The minimum Gasteiger partial charge on any atom is -0.504 e. The highest BCUT2D eigenvalue weighted by atomic mass is 16.4. The maximum atomic E-state index is 13.1. The molecule has 0 spiro atoms. The van der Waals surface area contributed by atoms with Crippen molar-refractivity contribution in [3.05, 3.63) is 50.9 Å². The van der Waals surface area contributed by atoms with E-state index in [0.29, 0.717) is 19.3 Å². The standard InChI is InChI=1S/C46H66N6O13/c1-23(30-7-8-31-37-32(21-34(55)46(30,31)4)45(3)10-9-26(53)19-25(45)20-33(37)54)17-35(56)48-15-16-51-42(63)28-6-5-27(38(59)39(28)60)41(62)49-13-11-47-12-14-50-43(64)29-18-24(2)52(22-36(57)58)44(65)40(29)61/h5-6,18,23,25-26,30-34,37,47,53-55,59-61H,7-17,19-22H2,1-4H3,(H,48,56)(H,49,62)(H,50,64)(H,51,63)(H,57,58)/t23?,25?,26-,30?,31?,32?,33?,34+,37?,45+,46-/m0/s1. The summed E-state index contributed by atoms with van der Waals surface area (Å²) in [6, 6.07) is 3.59. The molecule has 2 aromatic rings. The van der Waals surface area contributed by atoms with Crippen LogP contribution in [0.25, 0.3) is 0 Å². The molecule has 6 rings (SSSR count). The van der Waals surface area contributed by atoms with E-state index in [1.54, 1.807) is 0 Å². The van der Waals surface area contributed by atoms with E-state index < -0.39 is 70.7 Å². The molecule has 7 unspecified atom stereocenters. The number of phenolic OH excluding ortho intramolecular Hbond substituents is 2. The number of aliphatic carboxylic acids is 1. The molecule has 0 radical (unpaired) electrons. The van der Waals surface area contributed by atoms with Gasteiger partial charge in [0, 0.05) is 51.4 Å². The van der Waals surface area contributed by atoms with Gasteiger partial charge >= 0.3 is 5.97 Å². The quantitative estimate of drug-likeness (QED) is 0.0777. The molecule has 4 saturated carbocycles. The Morgan fingerprint density at radius 2 is 1.32 bits per heavy atom. The van der Waals surface area contributed by atoms with Gasteiger partial charge in [0.25, 0.3) is 23.3 Å². The maximum absolute atomic E-state index is 13.1. The van der Waals surface area contributed by atoms with Gasteiger partial charge in [-0.15, -0.1) is 0 Å². The van der Waals surface area contributed by atoms with Gasteiger partial charge in [-0.25, -0.2) is 0 Å². The zero-order chi connectivity index (χ0) is 47.5. The monoisotopic (exact) mass is 910 g/mol. The second-order valence-electron chi connectivity index (χ2n) is 19.3. The fourth-order valence-electron chi connectivity index (χ4n) is 12.2. The van der Waals surface area contributed by atoms with E-state index in [4.69, 9.17) is 5.11 Å². The third-order valence-electron chi connectivity index (χ3n) is 15.6. The summed E-state index contributed by atoms with van der Waals surface area (Å²) in [5.41, 5.74) is -2.16. The number of nitrogens with one attached hydrogen (secondary N) is 5. The second-order valence-corrected chi connectivity index (χ2v) is 19.3. The third-order valence-corrected chi connectivity index (χ3v) is 15.6. The number of hydrogen-bond donors (Lipinski definition) is 12. The zero-order valence-corrected chi connectivity index (χ0v) is 37.6. The predicted molar refractivity (Wildman–Crippen MR) is 235 cm³/mol. The lowest BCUT2D eigenvalue weighted by atomic mass is 9.43. The lowest BCUT2D eigenvalue weighted by Gasteiger charge is -2.63. The van der Waals surface area contributed by atoms with Crippen LogP contribution in [0.4, 0.5) is 0 Å². The van der Waals surface area contributed by atoms with Crippen LogP contribution in [0.2, 0.25) is 0 Å².